The monoisotopic (exact) mass is 458 g/mol. The zero-order chi connectivity index (χ0) is 23.8. The number of nitrogens with one attached hydrogen (secondary N) is 1. The van der Waals surface area contributed by atoms with Crippen molar-refractivity contribution >= 4 is 11.5 Å². The lowest BCUT2D eigenvalue weighted by Gasteiger charge is -2.47. The molecule has 0 bridgehead atoms. The summed E-state index contributed by atoms with van der Waals surface area (Å²) in [7, 11) is 0. The van der Waals surface area contributed by atoms with E-state index in [4.69, 9.17) is 4.98 Å². The van der Waals surface area contributed by atoms with Gasteiger partial charge in [0.15, 0.2) is 0 Å². The Hall–Kier alpha value is -2.86. The number of likely N-dealkylation sites (tertiary alicyclic amines) is 1. The molecule has 1 atom stereocenters. The summed E-state index contributed by atoms with van der Waals surface area (Å²) < 4.78 is 0. The van der Waals surface area contributed by atoms with Gasteiger partial charge in [-0.2, -0.15) is 0 Å². The van der Waals surface area contributed by atoms with Gasteiger partial charge in [-0.15, -0.1) is 0 Å². The number of hydrogen-bond acceptors (Lipinski definition) is 6. The van der Waals surface area contributed by atoms with Crippen LogP contribution in [0.4, 0.5) is 5.82 Å². The Morgan fingerprint density at radius 3 is 2.56 bits per heavy atom. The SMILES string of the molecule is C=C(NC1=CN(C=C(C)C)C(=C)C(C)=C1)c1cnc(N2CC(C3CCCN(C4CC4)C3)C2)cn1. The highest BCUT2D eigenvalue weighted by atomic mass is 15.3. The van der Waals surface area contributed by atoms with Crippen molar-refractivity contribution in [1.29, 1.82) is 0 Å². The number of hydrogen-bond donors (Lipinski definition) is 1. The van der Waals surface area contributed by atoms with Gasteiger partial charge < -0.3 is 20.0 Å². The second kappa shape index (κ2) is 9.41. The first-order valence-electron chi connectivity index (χ1n) is 12.7. The predicted octanol–water partition coefficient (Wildman–Crippen LogP) is 4.89. The van der Waals surface area contributed by atoms with Crippen LogP contribution < -0.4 is 10.2 Å². The van der Waals surface area contributed by atoms with Gasteiger partial charge in [-0.05, 0) is 76.5 Å². The van der Waals surface area contributed by atoms with Gasteiger partial charge in [0.2, 0.25) is 0 Å². The van der Waals surface area contributed by atoms with E-state index in [-0.39, 0.29) is 0 Å². The molecule has 4 heterocycles. The molecule has 0 amide bonds. The number of aromatic nitrogens is 2. The summed E-state index contributed by atoms with van der Waals surface area (Å²) in [5.41, 5.74) is 5.76. The molecule has 5 rings (SSSR count). The van der Waals surface area contributed by atoms with Crippen LogP contribution in [0.5, 0.6) is 0 Å². The van der Waals surface area contributed by atoms with Crippen LogP contribution in [0.3, 0.4) is 0 Å². The third-order valence-electron chi connectivity index (χ3n) is 7.51. The highest BCUT2D eigenvalue weighted by molar-refractivity contribution is 5.61. The minimum Gasteiger partial charge on any atom is -0.355 e. The van der Waals surface area contributed by atoms with E-state index in [1.807, 2.05) is 23.5 Å². The number of anilines is 1. The maximum Gasteiger partial charge on any atom is 0.147 e. The zero-order valence-electron chi connectivity index (χ0n) is 20.9. The lowest BCUT2D eigenvalue weighted by molar-refractivity contribution is 0.114. The first kappa shape index (κ1) is 22.9. The number of rotatable bonds is 7. The maximum absolute atomic E-state index is 4.71. The Balaban J connectivity index is 1.16. The molecular formula is C28H38N6. The van der Waals surface area contributed by atoms with Gasteiger partial charge in [-0.3, -0.25) is 0 Å². The fourth-order valence-corrected chi connectivity index (χ4v) is 5.32. The molecule has 1 aromatic heterocycles. The standard InChI is InChI=1S/C28H38N6/c1-19(2)14-33-18-25(11-20(3)22(33)5)31-21(4)27-12-30-28(13-29-27)34-16-24(17-34)23-7-6-10-32(15-23)26-8-9-26/h11-14,18,23-24,26,31H,4-10,15-17H2,1-3H3. The van der Waals surface area contributed by atoms with E-state index in [0.717, 1.165) is 65.1 Å². The zero-order valence-corrected chi connectivity index (χ0v) is 20.9. The molecule has 180 valence electrons. The van der Waals surface area contributed by atoms with E-state index < -0.39 is 0 Å². The number of nitrogens with zero attached hydrogens (tertiary/aromatic N) is 5. The molecule has 3 aliphatic heterocycles. The summed E-state index contributed by atoms with van der Waals surface area (Å²) >= 11 is 0. The molecule has 6 nitrogen and oxygen atoms in total. The van der Waals surface area contributed by atoms with Crippen molar-refractivity contribution in [3.8, 4) is 0 Å². The minimum absolute atomic E-state index is 0.739. The van der Waals surface area contributed by atoms with Gasteiger partial charge in [0, 0.05) is 43.8 Å². The van der Waals surface area contributed by atoms with Crippen molar-refractivity contribution in [2.75, 3.05) is 31.1 Å². The molecule has 1 saturated carbocycles. The van der Waals surface area contributed by atoms with Crippen LogP contribution in [0.2, 0.25) is 0 Å². The van der Waals surface area contributed by atoms with Gasteiger partial charge >= 0.3 is 0 Å². The van der Waals surface area contributed by atoms with Gasteiger partial charge in [0.05, 0.1) is 23.8 Å². The highest BCUT2D eigenvalue weighted by Crippen LogP contribution is 2.37. The Kier molecular flexibility index (Phi) is 6.34. The van der Waals surface area contributed by atoms with E-state index in [2.05, 4.69) is 66.3 Å². The normalized spacial score (nSPS) is 23.7. The first-order chi connectivity index (χ1) is 16.4. The smallest absolute Gasteiger partial charge is 0.147 e. The molecule has 6 heteroatoms. The molecule has 1 aromatic rings. The molecule has 1 unspecified atom stereocenters. The average molecular weight is 459 g/mol. The molecular weight excluding hydrogens is 420 g/mol. The van der Waals surface area contributed by atoms with E-state index in [0.29, 0.717) is 0 Å². The van der Waals surface area contributed by atoms with Crippen molar-refractivity contribution in [3.05, 3.63) is 72.3 Å². The molecule has 2 saturated heterocycles. The maximum atomic E-state index is 4.71. The Morgan fingerprint density at radius 1 is 1.09 bits per heavy atom. The second-order valence-corrected chi connectivity index (χ2v) is 10.6. The van der Waals surface area contributed by atoms with E-state index in [1.54, 1.807) is 0 Å². The highest BCUT2D eigenvalue weighted by Gasteiger charge is 2.39. The average Bonchev–Trinajstić information content (AvgIpc) is 3.62. The summed E-state index contributed by atoms with van der Waals surface area (Å²) in [5.74, 6) is 2.62. The Bertz CT molecular complexity index is 1040. The predicted molar refractivity (Wildman–Crippen MR) is 139 cm³/mol. The van der Waals surface area contributed by atoms with E-state index >= 15 is 0 Å². The summed E-state index contributed by atoms with van der Waals surface area (Å²) in [5, 5.41) is 3.39. The van der Waals surface area contributed by atoms with Crippen LogP contribution in [0.1, 0.15) is 52.1 Å². The molecule has 0 radical (unpaired) electrons. The lowest BCUT2D eigenvalue weighted by atomic mass is 9.80. The summed E-state index contributed by atoms with van der Waals surface area (Å²) in [6.45, 7) is 19.4. The fourth-order valence-electron chi connectivity index (χ4n) is 5.32. The molecule has 1 N–H and O–H groups in total. The van der Waals surface area contributed by atoms with Gasteiger partial charge in [-0.25, -0.2) is 9.97 Å². The summed E-state index contributed by atoms with van der Waals surface area (Å²) in [4.78, 5) is 16.5. The van der Waals surface area contributed by atoms with E-state index in [1.165, 1.54) is 44.3 Å². The Morgan fingerprint density at radius 2 is 1.88 bits per heavy atom. The third kappa shape index (κ3) is 4.97. The third-order valence-corrected chi connectivity index (χ3v) is 7.51. The van der Waals surface area contributed by atoms with Crippen LogP contribution in [-0.2, 0) is 0 Å². The van der Waals surface area contributed by atoms with Crippen LogP contribution in [0.15, 0.2) is 66.6 Å². The van der Waals surface area contributed by atoms with Gasteiger partial charge in [0.1, 0.15) is 11.5 Å². The molecule has 0 spiro atoms. The first-order valence-corrected chi connectivity index (χ1v) is 12.7. The van der Waals surface area contributed by atoms with Crippen molar-refractivity contribution in [2.24, 2.45) is 11.8 Å². The second-order valence-electron chi connectivity index (χ2n) is 10.6. The molecule has 0 aromatic carbocycles. The van der Waals surface area contributed by atoms with Crippen LogP contribution in [-0.4, -0.2) is 52.0 Å². The Labute approximate surface area is 204 Å². The molecule has 1 aliphatic carbocycles. The summed E-state index contributed by atoms with van der Waals surface area (Å²) in [6.07, 6.45) is 15.5. The van der Waals surface area contributed by atoms with Crippen molar-refractivity contribution in [2.45, 2.75) is 52.5 Å². The minimum atomic E-state index is 0.739. The molecule has 3 fully saturated rings. The number of piperidine rings is 1. The topological polar surface area (TPSA) is 47.5 Å². The van der Waals surface area contributed by atoms with Crippen molar-refractivity contribution in [1.82, 2.24) is 25.1 Å². The lowest BCUT2D eigenvalue weighted by Crippen LogP contribution is -2.54. The van der Waals surface area contributed by atoms with Crippen LogP contribution >= 0.6 is 0 Å². The van der Waals surface area contributed by atoms with Crippen molar-refractivity contribution in [3.63, 3.8) is 0 Å². The van der Waals surface area contributed by atoms with Gasteiger partial charge in [-0.1, -0.05) is 18.7 Å². The van der Waals surface area contributed by atoms with Crippen LogP contribution in [0, 0.1) is 11.8 Å². The summed E-state index contributed by atoms with van der Waals surface area (Å²) in [6, 6.07) is 0.900. The molecule has 4 aliphatic rings. The largest absolute Gasteiger partial charge is 0.355 e. The fraction of sp³-hybridized carbons (Fsp3) is 0.500. The quantitative estimate of drug-likeness (QED) is 0.628. The number of allylic oxidation sites excluding steroid dienone is 3. The van der Waals surface area contributed by atoms with Crippen molar-refractivity contribution < 1.29 is 0 Å². The molecule has 34 heavy (non-hydrogen) atoms. The van der Waals surface area contributed by atoms with Crippen LogP contribution in [0.25, 0.3) is 5.70 Å². The van der Waals surface area contributed by atoms with Gasteiger partial charge in [0.25, 0.3) is 0 Å². The van der Waals surface area contributed by atoms with E-state index in [9.17, 15) is 0 Å².